The van der Waals surface area contributed by atoms with Crippen molar-refractivity contribution < 1.29 is 9.53 Å². The van der Waals surface area contributed by atoms with Crippen molar-refractivity contribution in [1.29, 1.82) is 0 Å². The fourth-order valence-corrected chi connectivity index (χ4v) is 2.82. The van der Waals surface area contributed by atoms with Crippen molar-refractivity contribution in [1.82, 2.24) is 0 Å². The van der Waals surface area contributed by atoms with Gasteiger partial charge in [0.25, 0.3) is 0 Å². The molecule has 0 aromatic heterocycles. The first-order chi connectivity index (χ1) is 8.04. The van der Waals surface area contributed by atoms with E-state index in [9.17, 15) is 4.79 Å². The van der Waals surface area contributed by atoms with E-state index in [4.69, 9.17) is 16.3 Å². The molecule has 0 saturated heterocycles. The van der Waals surface area contributed by atoms with Crippen LogP contribution in [0.1, 0.15) is 52.9 Å². The topological polar surface area (TPSA) is 26.3 Å². The Bertz CT molecular complexity index is 240. The molecule has 0 radical (unpaired) electrons. The van der Waals surface area contributed by atoms with Gasteiger partial charge in [0.15, 0.2) is 0 Å². The zero-order valence-corrected chi connectivity index (χ0v) is 12.0. The molecule has 0 unspecified atom stereocenters. The quantitative estimate of drug-likeness (QED) is 0.552. The number of halogens is 1. The van der Waals surface area contributed by atoms with E-state index >= 15 is 0 Å². The molecule has 1 saturated carbocycles. The second-order valence-corrected chi connectivity index (χ2v) is 6.02. The van der Waals surface area contributed by atoms with Crippen molar-refractivity contribution >= 4 is 17.6 Å². The molecule has 0 aromatic carbocycles. The van der Waals surface area contributed by atoms with Gasteiger partial charge in [-0.05, 0) is 37.0 Å². The van der Waals surface area contributed by atoms with Crippen LogP contribution in [0.2, 0.25) is 0 Å². The van der Waals surface area contributed by atoms with Crippen molar-refractivity contribution in [2.45, 2.75) is 59.0 Å². The molecule has 3 heteroatoms. The highest BCUT2D eigenvalue weighted by molar-refractivity contribution is 6.17. The van der Waals surface area contributed by atoms with Gasteiger partial charge in [-0.15, -0.1) is 11.6 Å². The number of hydrogen-bond donors (Lipinski definition) is 0. The fraction of sp³-hybridized carbons (Fsp3) is 0.929. The molecule has 100 valence electrons. The van der Waals surface area contributed by atoms with Crippen LogP contribution in [0.15, 0.2) is 0 Å². The van der Waals surface area contributed by atoms with E-state index in [1.807, 2.05) is 0 Å². The first-order valence-corrected chi connectivity index (χ1v) is 7.33. The maximum absolute atomic E-state index is 11.7. The second kappa shape index (κ2) is 7.25. The zero-order chi connectivity index (χ0) is 12.8. The van der Waals surface area contributed by atoms with Crippen LogP contribution < -0.4 is 0 Å². The molecule has 0 spiro atoms. The van der Waals surface area contributed by atoms with Crippen LogP contribution in [0.25, 0.3) is 0 Å². The molecular formula is C14H25ClO2. The molecule has 2 nitrogen and oxygen atoms in total. The summed E-state index contributed by atoms with van der Waals surface area (Å²) in [4.78, 5) is 11.7. The van der Waals surface area contributed by atoms with Gasteiger partial charge in [0.1, 0.15) is 6.10 Å². The first kappa shape index (κ1) is 14.8. The van der Waals surface area contributed by atoms with Crippen LogP contribution >= 0.6 is 11.6 Å². The predicted octanol–water partition coefficient (Wildman–Crippen LogP) is 4.01. The van der Waals surface area contributed by atoms with Crippen molar-refractivity contribution in [3.8, 4) is 0 Å². The molecule has 1 rings (SSSR count). The van der Waals surface area contributed by atoms with Gasteiger partial charge in [-0.3, -0.25) is 4.79 Å². The lowest BCUT2D eigenvalue weighted by Gasteiger charge is -2.36. The number of esters is 1. The molecule has 3 atom stereocenters. The molecule has 1 fully saturated rings. The summed E-state index contributed by atoms with van der Waals surface area (Å²) >= 11 is 5.58. The minimum absolute atomic E-state index is 0.0737. The number of hydrogen-bond acceptors (Lipinski definition) is 2. The molecule has 0 amide bonds. The Morgan fingerprint density at radius 1 is 1.41 bits per heavy atom. The Hall–Kier alpha value is -0.240. The Balaban J connectivity index is 2.48. The van der Waals surface area contributed by atoms with Gasteiger partial charge in [0.2, 0.25) is 0 Å². The number of carbonyl (C=O) groups excluding carboxylic acids is 1. The summed E-state index contributed by atoms with van der Waals surface area (Å²) in [7, 11) is 0. The van der Waals surface area contributed by atoms with E-state index in [0.717, 1.165) is 12.8 Å². The molecule has 0 heterocycles. The standard InChI is InChI=1S/C14H25ClO2/c1-10(2)12-7-6-11(3)9-13(12)17-14(16)5-4-8-15/h10-13H,4-9H2,1-3H3/t11-,12+,13-/m1/s1. The molecule has 1 aliphatic rings. The SMILES string of the molecule is CC(C)[C@@H]1CC[C@@H](C)C[C@H]1OC(=O)CCCCl. The second-order valence-electron chi connectivity index (χ2n) is 5.65. The van der Waals surface area contributed by atoms with Gasteiger partial charge in [-0.25, -0.2) is 0 Å². The summed E-state index contributed by atoms with van der Waals surface area (Å²) in [6.45, 7) is 6.69. The highest BCUT2D eigenvalue weighted by atomic mass is 35.5. The lowest BCUT2D eigenvalue weighted by Crippen LogP contribution is -2.35. The van der Waals surface area contributed by atoms with Gasteiger partial charge in [-0.1, -0.05) is 27.2 Å². The highest BCUT2D eigenvalue weighted by Crippen LogP contribution is 2.35. The van der Waals surface area contributed by atoms with Crippen LogP contribution in [0, 0.1) is 17.8 Å². The zero-order valence-electron chi connectivity index (χ0n) is 11.2. The molecule has 0 aromatic rings. The minimum atomic E-state index is -0.0737. The predicted molar refractivity (Wildman–Crippen MR) is 71.2 cm³/mol. The first-order valence-electron chi connectivity index (χ1n) is 6.80. The smallest absolute Gasteiger partial charge is 0.306 e. The number of carbonyl (C=O) groups is 1. The largest absolute Gasteiger partial charge is 0.462 e. The number of ether oxygens (including phenoxy) is 1. The third-order valence-corrected chi connectivity index (χ3v) is 4.03. The third kappa shape index (κ3) is 4.87. The van der Waals surface area contributed by atoms with Gasteiger partial charge in [0.05, 0.1) is 0 Å². The van der Waals surface area contributed by atoms with E-state index < -0.39 is 0 Å². The van der Waals surface area contributed by atoms with Gasteiger partial charge < -0.3 is 4.74 Å². The van der Waals surface area contributed by atoms with Gasteiger partial charge >= 0.3 is 5.97 Å². The minimum Gasteiger partial charge on any atom is -0.462 e. The normalized spacial score (nSPS) is 29.4. The van der Waals surface area contributed by atoms with Crippen molar-refractivity contribution in [3.05, 3.63) is 0 Å². The van der Waals surface area contributed by atoms with E-state index in [2.05, 4.69) is 20.8 Å². The summed E-state index contributed by atoms with van der Waals surface area (Å²) in [6, 6.07) is 0. The summed E-state index contributed by atoms with van der Waals surface area (Å²) in [6.07, 6.45) is 4.77. The number of alkyl halides is 1. The third-order valence-electron chi connectivity index (χ3n) is 3.76. The van der Waals surface area contributed by atoms with Gasteiger partial charge in [0, 0.05) is 12.3 Å². The molecule has 17 heavy (non-hydrogen) atoms. The Morgan fingerprint density at radius 2 is 2.12 bits per heavy atom. The fourth-order valence-electron chi connectivity index (χ4n) is 2.69. The van der Waals surface area contributed by atoms with E-state index in [0.29, 0.717) is 30.1 Å². The Kier molecular flexibility index (Phi) is 6.32. The van der Waals surface area contributed by atoms with Crippen LogP contribution in [-0.2, 0) is 9.53 Å². The molecular weight excluding hydrogens is 236 g/mol. The van der Waals surface area contributed by atoms with Crippen LogP contribution in [0.4, 0.5) is 0 Å². The average Bonchev–Trinajstić information content (AvgIpc) is 2.26. The summed E-state index contributed by atoms with van der Waals surface area (Å²) in [5, 5.41) is 0. The van der Waals surface area contributed by atoms with E-state index in [-0.39, 0.29) is 12.1 Å². The van der Waals surface area contributed by atoms with E-state index in [1.165, 1.54) is 12.8 Å². The van der Waals surface area contributed by atoms with Crippen molar-refractivity contribution in [2.24, 2.45) is 17.8 Å². The maximum Gasteiger partial charge on any atom is 0.306 e. The molecule has 1 aliphatic carbocycles. The molecule has 0 bridgehead atoms. The van der Waals surface area contributed by atoms with Crippen molar-refractivity contribution in [2.75, 3.05) is 5.88 Å². The monoisotopic (exact) mass is 260 g/mol. The molecule has 0 aliphatic heterocycles. The lowest BCUT2D eigenvalue weighted by molar-refractivity contribution is -0.155. The van der Waals surface area contributed by atoms with E-state index in [1.54, 1.807) is 0 Å². The van der Waals surface area contributed by atoms with Crippen LogP contribution in [0.3, 0.4) is 0 Å². The summed E-state index contributed by atoms with van der Waals surface area (Å²) in [5.74, 6) is 2.26. The summed E-state index contributed by atoms with van der Waals surface area (Å²) in [5.41, 5.74) is 0. The number of rotatable bonds is 5. The van der Waals surface area contributed by atoms with Crippen LogP contribution in [-0.4, -0.2) is 18.0 Å². The molecule has 0 N–H and O–H groups in total. The highest BCUT2D eigenvalue weighted by Gasteiger charge is 2.33. The Morgan fingerprint density at radius 3 is 2.71 bits per heavy atom. The van der Waals surface area contributed by atoms with Gasteiger partial charge in [-0.2, -0.15) is 0 Å². The lowest BCUT2D eigenvalue weighted by atomic mass is 9.75. The Labute approximate surface area is 110 Å². The van der Waals surface area contributed by atoms with Crippen LogP contribution in [0.5, 0.6) is 0 Å². The summed E-state index contributed by atoms with van der Waals surface area (Å²) < 4.78 is 5.64. The average molecular weight is 261 g/mol. The van der Waals surface area contributed by atoms with Crippen molar-refractivity contribution in [3.63, 3.8) is 0 Å². The maximum atomic E-state index is 11.7.